The smallest absolute Gasteiger partial charge is 0.239 e. The highest BCUT2D eigenvalue weighted by Crippen LogP contribution is 2.06. The Kier molecular flexibility index (Phi) is 1.75. The van der Waals surface area contributed by atoms with E-state index >= 15 is 0 Å². The second-order valence-electron chi connectivity index (χ2n) is 2.30. The molecule has 0 bridgehead atoms. The van der Waals surface area contributed by atoms with Gasteiger partial charge in [0.15, 0.2) is 0 Å². The molecule has 0 fully saturated rings. The molecular formula is C8H6N2OS. The predicted molar refractivity (Wildman–Crippen MR) is 43.1 cm³/mol. The maximum Gasteiger partial charge on any atom is 0.239 e. The van der Waals surface area contributed by atoms with Crippen molar-refractivity contribution in [3.8, 4) is 10.8 Å². The molecule has 3 nitrogen and oxygen atoms in total. The van der Waals surface area contributed by atoms with E-state index in [-0.39, 0.29) is 5.06 Å². The summed E-state index contributed by atoms with van der Waals surface area (Å²) in [4.78, 5) is 0. The van der Waals surface area contributed by atoms with Crippen LogP contribution >= 0.6 is 11.5 Å². The summed E-state index contributed by atoms with van der Waals surface area (Å²) < 4.78 is 5.51. The van der Waals surface area contributed by atoms with Crippen molar-refractivity contribution in [1.29, 1.82) is 0 Å². The Bertz CT molecular complexity index is 372. The molecular weight excluding hydrogens is 172 g/mol. The third-order valence-corrected chi connectivity index (χ3v) is 2.01. The van der Waals surface area contributed by atoms with Crippen molar-refractivity contribution >= 4 is 11.5 Å². The second-order valence-corrected chi connectivity index (χ2v) is 3.05. The van der Waals surface area contributed by atoms with Gasteiger partial charge in [0.1, 0.15) is 0 Å². The van der Waals surface area contributed by atoms with Crippen molar-refractivity contribution < 1.29 is 9.79 Å². The summed E-state index contributed by atoms with van der Waals surface area (Å²) >= 11 is 0.957. The minimum absolute atomic E-state index is 0.0288. The lowest BCUT2D eigenvalue weighted by Crippen LogP contribution is -2.30. The number of aromatic nitrogens is 2. The lowest BCUT2D eigenvalue weighted by Gasteiger charge is -1.86. The Labute approximate surface area is 73.7 Å². The molecule has 0 N–H and O–H groups in total. The third kappa shape index (κ3) is 1.29. The molecule has 0 unspecified atom stereocenters. The Morgan fingerprint density at radius 1 is 1.25 bits per heavy atom. The largest absolute Gasteiger partial charge is 0.860 e. The van der Waals surface area contributed by atoms with Crippen LogP contribution in [0.1, 0.15) is 0 Å². The van der Waals surface area contributed by atoms with Crippen LogP contribution in [0, 0.1) is 0 Å². The van der Waals surface area contributed by atoms with E-state index in [0.29, 0.717) is 0 Å². The fourth-order valence-electron chi connectivity index (χ4n) is 0.934. The van der Waals surface area contributed by atoms with Gasteiger partial charge in [0.05, 0.1) is 4.49 Å². The monoisotopic (exact) mass is 178 g/mol. The summed E-state index contributed by atoms with van der Waals surface area (Å²) in [6.07, 6.45) is 1.47. The van der Waals surface area contributed by atoms with Crippen LogP contribution in [-0.4, -0.2) is 4.49 Å². The molecule has 2 rings (SSSR count). The average molecular weight is 178 g/mol. The molecule has 0 aliphatic heterocycles. The molecule has 0 radical (unpaired) electrons. The highest BCUT2D eigenvalue weighted by Gasteiger charge is 2.06. The van der Waals surface area contributed by atoms with E-state index in [4.69, 9.17) is 0 Å². The molecule has 0 aliphatic carbocycles. The normalized spacial score (nSPS) is 10.0. The summed E-state index contributed by atoms with van der Waals surface area (Å²) in [6.45, 7) is 0. The summed E-state index contributed by atoms with van der Waals surface area (Å²) in [7, 11) is 0. The van der Waals surface area contributed by atoms with Crippen LogP contribution in [-0.2, 0) is 0 Å². The van der Waals surface area contributed by atoms with Gasteiger partial charge in [-0.3, -0.25) is 0 Å². The van der Waals surface area contributed by atoms with Crippen LogP contribution in [0.15, 0.2) is 36.5 Å². The van der Waals surface area contributed by atoms with E-state index in [0.717, 1.165) is 17.2 Å². The third-order valence-electron chi connectivity index (χ3n) is 1.47. The Balaban J connectivity index is 2.45. The molecule has 0 saturated heterocycles. The number of hydrogen-bond donors (Lipinski definition) is 0. The molecule has 0 amide bonds. The molecule has 0 spiro atoms. The molecule has 0 atom stereocenters. The maximum atomic E-state index is 10.8. The summed E-state index contributed by atoms with van der Waals surface area (Å²) in [5.41, 5.74) is 0.913. The van der Waals surface area contributed by atoms with Gasteiger partial charge in [-0.15, -0.1) is 0 Å². The van der Waals surface area contributed by atoms with Gasteiger partial charge in [-0.25, -0.2) is 0 Å². The molecule has 0 saturated carbocycles. The van der Waals surface area contributed by atoms with Gasteiger partial charge in [0, 0.05) is 28.7 Å². The van der Waals surface area contributed by atoms with Gasteiger partial charge in [-0.05, 0) is 4.68 Å². The first-order chi connectivity index (χ1) is 5.86. The van der Waals surface area contributed by atoms with Gasteiger partial charge >= 0.3 is 0 Å². The SMILES string of the molecule is [O-]c1c[n+](-c2ccccc2)ns1. The van der Waals surface area contributed by atoms with Crippen LogP contribution in [0.4, 0.5) is 0 Å². The van der Waals surface area contributed by atoms with E-state index in [9.17, 15) is 5.11 Å². The predicted octanol–water partition coefficient (Wildman–Crippen LogP) is 0.493. The minimum Gasteiger partial charge on any atom is -0.860 e. The van der Waals surface area contributed by atoms with Crippen molar-refractivity contribution in [3.05, 3.63) is 36.5 Å². The number of para-hydroxylation sites is 1. The van der Waals surface area contributed by atoms with Gasteiger partial charge in [0.2, 0.25) is 11.9 Å². The lowest BCUT2D eigenvalue weighted by molar-refractivity contribution is -0.652. The number of benzene rings is 1. The fraction of sp³-hybridized carbons (Fsp3) is 0. The average Bonchev–Trinajstić information content (AvgIpc) is 2.54. The molecule has 60 valence electrons. The lowest BCUT2D eigenvalue weighted by atomic mass is 10.3. The zero-order valence-corrected chi connectivity index (χ0v) is 6.99. The van der Waals surface area contributed by atoms with Crippen LogP contribution < -0.4 is 9.79 Å². The van der Waals surface area contributed by atoms with E-state index in [1.54, 1.807) is 4.68 Å². The van der Waals surface area contributed by atoms with Crippen LogP contribution in [0.25, 0.3) is 5.69 Å². The van der Waals surface area contributed by atoms with Crippen molar-refractivity contribution in [1.82, 2.24) is 4.49 Å². The highest BCUT2D eigenvalue weighted by molar-refractivity contribution is 7.06. The van der Waals surface area contributed by atoms with Crippen LogP contribution in [0.3, 0.4) is 0 Å². The fourth-order valence-corrected chi connectivity index (χ4v) is 1.39. The maximum absolute atomic E-state index is 10.8. The number of hydrogen-bond acceptors (Lipinski definition) is 3. The summed E-state index contributed by atoms with van der Waals surface area (Å²) in [6, 6.07) is 9.55. The van der Waals surface area contributed by atoms with E-state index in [2.05, 4.69) is 4.49 Å². The molecule has 4 heteroatoms. The first kappa shape index (κ1) is 7.24. The summed E-state index contributed by atoms with van der Waals surface area (Å²) in [5.74, 6) is 0. The second kappa shape index (κ2) is 2.91. The minimum atomic E-state index is -0.0288. The molecule has 1 aromatic heterocycles. The van der Waals surface area contributed by atoms with Crippen LogP contribution in [0.2, 0.25) is 0 Å². The summed E-state index contributed by atoms with van der Waals surface area (Å²) in [5, 5.41) is 10.8. The number of nitrogens with zero attached hydrogens (tertiary/aromatic N) is 2. The van der Waals surface area contributed by atoms with E-state index < -0.39 is 0 Å². The van der Waals surface area contributed by atoms with Crippen LogP contribution in [0.5, 0.6) is 5.06 Å². The zero-order chi connectivity index (χ0) is 8.39. The van der Waals surface area contributed by atoms with Gasteiger partial charge in [-0.2, -0.15) is 0 Å². The Hall–Kier alpha value is -1.42. The van der Waals surface area contributed by atoms with E-state index in [1.807, 2.05) is 30.3 Å². The van der Waals surface area contributed by atoms with Gasteiger partial charge < -0.3 is 5.11 Å². The van der Waals surface area contributed by atoms with Crippen molar-refractivity contribution in [2.24, 2.45) is 0 Å². The Morgan fingerprint density at radius 3 is 2.58 bits per heavy atom. The number of rotatable bonds is 1. The van der Waals surface area contributed by atoms with E-state index in [1.165, 1.54) is 6.20 Å². The van der Waals surface area contributed by atoms with Crippen molar-refractivity contribution in [3.63, 3.8) is 0 Å². The highest BCUT2D eigenvalue weighted by atomic mass is 32.1. The van der Waals surface area contributed by atoms with Crippen molar-refractivity contribution in [2.75, 3.05) is 0 Å². The molecule has 0 aliphatic rings. The standard InChI is InChI=1S/C8H6N2OS/c11-8-6-10(9-12-8)7-4-2-1-3-5-7/h1-6H. The molecule has 12 heavy (non-hydrogen) atoms. The first-order valence-corrected chi connectivity index (χ1v) is 4.25. The molecule has 1 aromatic carbocycles. The molecule has 2 aromatic rings. The van der Waals surface area contributed by atoms with Gasteiger partial charge in [0.25, 0.3) is 0 Å². The first-order valence-electron chi connectivity index (χ1n) is 3.47. The topological polar surface area (TPSA) is 39.8 Å². The van der Waals surface area contributed by atoms with Crippen molar-refractivity contribution in [2.45, 2.75) is 0 Å². The van der Waals surface area contributed by atoms with Gasteiger partial charge in [-0.1, -0.05) is 18.2 Å². The quantitative estimate of drug-likeness (QED) is 0.596. The zero-order valence-electron chi connectivity index (χ0n) is 6.18. The Morgan fingerprint density at radius 2 is 2.00 bits per heavy atom. The molecule has 1 heterocycles.